The molecule has 0 saturated heterocycles. The summed E-state index contributed by atoms with van der Waals surface area (Å²) in [6.45, 7) is 0.905. The first-order valence-corrected chi connectivity index (χ1v) is 8.94. The molecule has 2 heterocycles. The summed E-state index contributed by atoms with van der Waals surface area (Å²) in [4.78, 5) is 16.3. The van der Waals surface area contributed by atoms with Crippen LogP contribution in [-0.4, -0.2) is 34.6 Å². The van der Waals surface area contributed by atoms with Crippen LogP contribution < -0.4 is 10.6 Å². The predicted molar refractivity (Wildman–Crippen MR) is 95.2 cm³/mol. The Bertz CT molecular complexity index is 692. The fraction of sp³-hybridized carbons (Fsp3) is 0.526. The predicted octanol–water partition coefficient (Wildman–Crippen LogP) is 2.63. The van der Waals surface area contributed by atoms with Crippen LogP contribution in [0.25, 0.3) is 0 Å². The van der Waals surface area contributed by atoms with Crippen LogP contribution in [0.5, 0.6) is 0 Å². The first-order valence-electron chi connectivity index (χ1n) is 8.94. The number of nitrogens with two attached hydrogens (primary N) is 1. The van der Waals surface area contributed by atoms with Gasteiger partial charge in [-0.3, -0.25) is 4.98 Å². The number of hydrogen-bond acceptors (Lipinski definition) is 5. The molecule has 5 nitrogen and oxygen atoms in total. The molecule has 0 unspecified atom stereocenters. The smallest absolute Gasteiger partial charge is 0.134 e. The van der Waals surface area contributed by atoms with Crippen molar-refractivity contribution in [3.8, 4) is 0 Å². The van der Waals surface area contributed by atoms with Gasteiger partial charge in [0.05, 0.1) is 0 Å². The van der Waals surface area contributed by atoms with Crippen LogP contribution in [0.15, 0.2) is 30.5 Å². The molecule has 2 fully saturated rings. The minimum absolute atomic E-state index is 0.347. The summed E-state index contributed by atoms with van der Waals surface area (Å²) < 4.78 is 0. The Labute approximate surface area is 143 Å². The molecular formula is C19H25N5. The molecule has 5 heteroatoms. The van der Waals surface area contributed by atoms with Crippen LogP contribution in [0.3, 0.4) is 0 Å². The second-order valence-electron chi connectivity index (χ2n) is 7.20. The molecule has 4 rings (SSSR count). The van der Waals surface area contributed by atoms with E-state index in [4.69, 9.17) is 15.7 Å². The third-order valence-electron chi connectivity index (χ3n) is 5.11. The van der Waals surface area contributed by atoms with Crippen LogP contribution in [0, 0.1) is 0 Å². The van der Waals surface area contributed by atoms with Crippen molar-refractivity contribution in [2.45, 2.75) is 50.0 Å². The number of rotatable bonds is 6. The molecule has 0 bridgehead atoms. The van der Waals surface area contributed by atoms with E-state index >= 15 is 0 Å². The zero-order valence-corrected chi connectivity index (χ0v) is 14.2. The maximum atomic E-state index is 5.97. The molecule has 2 aromatic rings. The lowest BCUT2D eigenvalue weighted by Crippen LogP contribution is -2.35. The molecule has 2 saturated carbocycles. The highest BCUT2D eigenvalue weighted by atomic mass is 15.2. The zero-order valence-electron chi connectivity index (χ0n) is 14.2. The summed E-state index contributed by atoms with van der Waals surface area (Å²) >= 11 is 0. The standard InChI is InChI=1S/C19H25N5/c1-24(9-7-16-4-2-3-8-21-16)18-12-17(14-10-15(20)11-14)22-19(23-18)13-5-6-13/h2-4,8,12-15H,5-7,9-11,20H2,1H3. The summed E-state index contributed by atoms with van der Waals surface area (Å²) in [7, 11) is 2.11. The first kappa shape index (κ1) is 15.5. The number of likely N-dealkylation sites (N-methyl/N-ethyl adjacent to an activating group) is 1. The van der Waals surface area contributed by atoms with Crippen molar-refractivity contribution in [2.75, 3.05) is 18.5 Å². The van der Waals surface area contributed by atoms with Gasteiger partial charge < -0.3 is 10.6 Å². The number of pyridine rings is 1. The van der Waals surface area contributed by atoms with Gasteiger partial charge >= 0.3 is 0 Å². The molecule has 126 valence electrons. The molecule has 0 amide bonds. The number of hydrogen-bond donors (Lipinski definition) is 1. The fourth-order valence-electron chi connectivity index (χ4n) is 3.25. The second-order valence-corrected chi connectivity index (χ2v) is 7.20. The Morgan fingerprint density at radius 1 is 1.17 bits per heavy atom. The molecule has 0 aromatic carbocycles. The molecule has 2 aliphatic carbocycles. The second kappa shape index (κ2) is 6.48. The Balaban J connectivity index is 1.50. The van der Waals surface area contributed by atoms with E-state index in [0.29, 0.717) is 17.9 Å². The molecule has 24 heavy (non-hydrogen) atoms. The minimum atomic E-state index is 0.347. The van der Waals surface area contributed by atoms with Crippen LogP contribution >= 0.6 is 0 Å². The monoisotopic (exact) mass is 323 g/mol. The van der Waals surface area contributed by atoms with Crippen LogP contribution in [-0.2, 0) is 6.42 Å². The molecule has 2 aromatic heterocycles. The minimum Gasteiger partial charge on any atom is -0.359 e. The topological polar surface area (TPSA) is 67.9 Å². The highest BCUT2D eigenvalue weighted by molar-refractivity contribution is 5.41. The summed E-state index contributed by atoms with van der Waals surface area (Å²) in [5, 5.41) is 0. The van der Waals surface area contributed by atoms with Crippen LogP contribution in [0.1, 0.15) is 54.7 Å². The molecular weight excluding hydrogens is 298 g/mol. The Morgan fingerprint density at radius 3 is 2.67 bits per heavy atom. The maximum absolute atomic E-state index is 5.97. The number of nitrogens with zero attached hydrogens (tertiary/aromatic N) is 4. The van der Waals surface area contributed by atoms with Crippen molar-refractivity contribution in [2.24, 2.45) is 5.73 Å². The summed E-state index contributed by atoms with van der Waals surface area (Å²) in [6, 6.07) is 8.58. The van der Waals surface area contributed by atoms with E-state index in [0.717, 1.165) is 43.1 Å². The van der Waals surface area contributed by atoms with Gasteiger partial charge in [-0.05, 0) is 37.8 Å². The van der Waals surface area contributed by atoms with E-state index in [2.05, 4.69) is 29.1 Å². The van der Waals surface area contributed by atoms with Crippen molar-refractivity contribution < 1.29 is 0 Å². The normalized spacial score (nSPS) is 22.9. The molecule has 2 aliphatic rings. The molecule has 0 spiro atoms. The van der Waals surface area contributed by atoms with Gasteiger partial charge in [0.1, 0.15) is 11.6 Å². The van der Waals surface area contributed by atoms with Gasteiger partial charge in [0.2, 0.25) is 0 Å². The maximum Gasteiger partial charge on any atom is 0.134 e. The van der Waals surface area contributed by atoms with Crippen molar-refractivity contribution in [1.82, 2.24) is 15.0 Å². The van der Waals surface area contributed by atoms with Gasteiger partial charge in [-0.25, -0.2) is 9.97 Å². The van der Waals surface area contributed by atoms with Crippen LogP contribution in [0.4, 0.5) is 5.82 Å². The highest BCUT2D eigenvalue weighted by Crippen LogP contribution is 2.41. The molecule has 0 radical (unpaired) electrons. The van der Waals surface area contributed by atoms with Gasteiger partial charge in [0.15, 0.2) is 0 Å². The van der Waals surface area contributed by atoms with E-state index in [9.17, 15) is 0 Å². The summed E-state index contributed by atoms with van der Waals surface area (Å²) in [6.07, 6.45) is 7.33. The zero-order chi connectivity index (χ0) is 16.5. The van der Waals surface area contributed by atoms with Gasteiger partial charge in [0, 0.05) is 61.5 Å². The molecule has 2 N–H and O–H groups in total. The third kappa shape index (κ3) is 3.41. The highest BCUT2D eigenvalue weighted by Gasteiger charge is 2.32. The van der Waals surface area contributed by atoms with Crippen molar-refractivity contribution in [3.63, 3.8) is 0 Å². The van der Waals surface area contributed by atoms with Gasteiger partial charge in [-0.15, -0.1) is 0 Å². The van der Waals surface area contributed by atoms with E-state index < -0.39 is 0 Å². The SMILES string of the molecule is CN(CCc1ccccn1)c1cc(C2CC(N)C2)nc(C2CC2)n1. The van der Waals surface area contributed by atoms with Crippen molar-refractivity contribution in [3.05, 3.63) is 47.7 Å². The average molecular weight is 323 g/mol. The van der Waals surface area contributed by atoms with Crippen molar-refractivity contribution >= 4 is 5.82 Å². The quantitative estimate of drug-likeness (QED) is 0.885. The molecule has 0 aliphatic heterocycles. The average Bonchev–Trinajstić information content (AvgIpc) is 3.42. The fourth-order valence-corrected chi connectivity index (χ4v) is 3.25. The Morgan fingerprint density at radius 2 is 2.00 bits per heavy atom. The Hall–Kier alpha value is -2.01. The lowest BCUT2D eigenvalue weighted by atomic mass is 9.78. The summed E-state index contributed by atoms with van der Waals surface area (Å²) in [5.41, 5.74) is 8.27. The molecule has 0 atom stereocenters. The summed E-state index contributed by atoms with van der Waals surface area (Å²) in [5.74, 6) is 3.16. The van der Waals surface area contributed by atoms with E-state index in [1.807, 2.05) is 18.3 Å². The van der Waals surface area contributed by atoms with Crippen molar-refractivity contribution in [1.29, 1.82) is 0 Å². The van der Waals surface area contributed by atoms with Crippen LogP contribution in [0.2, 0.25) is 0 Å². The lowest BCUT2D eigenvalue weighted by molar-refractivity contribution is 0.344. The van der Waals surface area contributed by atoms with Gasteiger partial charge in [-0.1, -0.05) is 6.07 Å². The Kier molecular flexibility index (Phi) is 4.19. The first-order chi connectivity index (χ1) is 11.7. The number of anilines is 1. The van der Waals surface area contributed by atoms with Gasteiger partial charge in [-0.2, -0.15) is 0 Å². The van der Waals surface area contributed by atoms with E-state index in [1.54, 1.807) is 0 Å². The number of aromatic nitrogens is 3. The lowest BCUT2D eigenvalue weighted by Gasteiger charge is -2.32. The largest absolute Gasteiger partial charge is 0.359 e. The van der Waals surface area contributed by atoms with Gasteiger partial charge in [0.25, 0.3) is 0 Å². The third-order valence-corrected chi connectivity index (χ3v) is 5.11. The van der Waals surface area contributed by atoms with E-state index in [1.165, 1.54) is 18.5 Å². The van der Waals surface area contributed by atoms with E-state index in [-0.39, 0.29) is 0 Å².